The third kappa shape index (κ3) is 4.59. The van der Waals surface area contributed by atoms with Crippen LogP contribution in [0.1, 0.15) is 52.5 Å². The number of carbonyl (C=O) groups is 1. The molecule has 0 bridgehead atoms. The quantitative estimate of drug-likeness (QED) is 0.871. The minimum Gasteiger partial charge on any atom is -0.361 e. The summed E-state index contributed by atoms with van der Waals surface area (Å²) in [6, 6.07) is 1.92. The number of carbonyl (C=O) groups excluding carboxylic acids is 1. The van der Waals surface area contributed by atoms with Crippen LogP contribution in [-0.4, -0.2) is 34.5 Å². The van der Waals surface area contributed by atoms with Gasteiger partial charge in [-0.2, -0.15) is 0 Å². The molecule has 0 aliphatic carbocycles. The minimum absolute atomic E-state index is 0.0754. The predicted molar refractivity (Wildman–Crippen MR) is 91.4 cm³/mol. The largest absolute Gasteiger partial charge is 0.361 e. The second kappa shape index (κ2) is 6.75. The maximum absolute atomic E-state index is 12.6. The van der Waals surface area contributed by atoms with Crippen LogP contribution in [0.25, 0.3) is 0 Å². The maximum Gasteiger partial charge on any atom is 0.154 e. The molecule has 2 rings (SSSR count). The molecule has 0 saturated carbocycles. The van der Waals surface area contributed by atoms with Gasteiger partial charge in [-0.3, -0.25) is 4.79 Å². The van der Waals surface area contributed by atoms with Crippen molar-refractivity contribution in [3.63, 3.8) is 0 Å². The Hall–Kier alpha value is -0.810. The highest BCUT2D eigenvalue weighted by Crippen LogP contribution is 2.30. The van der Waals surface area contributed by atoms with Crippen molar-refractivity contribution in [2.75, 3.05) is 18.8 Å². The lowest BCUT2D eigenvalue weighted by Gasteiger charge is -2.23. The number of thioether (sulfide) groups is 1. The molecule has 1 N–H and O–H groups in total. The van der Waals surface area contributed by atoms with Crippen LogP contribution in [0.4, 0.5) is 0 Å². The van der Waals surface area contributed by atoms with Gasteiger partial charge in [0.15, 0.2) is 5.78 Å². The van der Waals surface area contributed by atoms with Gasteiger partial charge in [0.25, 0.3) is 0 Å². The van der Waals surface area contributed by atoms with Gasteiger partial charge in [-0.15, -0.1) is 11.8 Å². The number of hydrogen-bond donors (Lipinski definition) is 1. The number of hydrogen-bond acceptors (Lipinski definition) is 5. The molecule has 1 unspecified atom stereocenters. The van der Waals surface area contributed by atoms with Crippen LogP contribution < -0.4 is 5.32 Å². The number of nitrogens with one attached hydrogen (secondary N) is 1. The van der Waals surface area contributed by atoms with E-state index in [9.17, 15) is 4.79 Å². The Labute approximate surface area is 137 Å². The first-order valence-electron chi connectivity index (χ1n) is 8.02. The molecule has 4 nitrogen and oxygen atoms in total. The van der Waals surface area contributed by atoms with Crippen molar-refractivity contribution < 1.29 is 9.32 Å². The third-order valence-electron chi connectivity index (χ3n) is 4.15. The molecule has 1 aliphatic rings. The van der Waals surface area contributed by atoms with Gasteiger partial charge in [-0.05, 0) is 45.0 Å². The first kappa shape index (κ1) is 17.5. The first-order chi connectivity index (χ1) is 10.2. The highest BCUT2D eigenvalue weighted by Gasteiger charge is 2.31. The summed E-state index contributed by atoms with van der Waals surface area (Å²) >= 11 is 1.77. The van der Waals surface area contributed by atoms with Crippen LogP contribution in [0.15, 0.2) is 10.6 Å². The standard InChI is InChI=1S/C17H28N2O2S/c1-16(2,3)15-9-13(19-21-15)8-14(20)17(4,5)22-11-12-6-7-18-10-12/h9,12,18H,6-8,10-11H2,1-5H3. The summed E-state index contributed by atoms with van der Waals surface area (Å²) in [5, 5.41) is 7.43. The van der Waals surface area contributed by atoms with E-state index < -0.39 is 0 Å². The Kier molecular flexibility index (Phi) is 5.38. The molecule has 2 heterocycles. The highest BCUT2D eigenvalue weighted by atomic mass is 32.2. The fraction of sp³-hybridized carbons (Fsp3) is 0.765. The molecular formula is C17H28N2O2S. The molecule has 0 amide bonds. The second-order valence-corrected chi connectivity index (χ2v) is 9.36. The van der Waals surface area contributed by atoms with Crippen molar-refractivity contribution in [3.8, 4) is 0 Å². The third-order valence-corrected chi connectivity index (χ3v) is 5.74. The zero-order valence-corrected chi connectivity index (χ0v) is 15.2. The van der Waals surface area contributed by atoms with E-state index in [0.29, 0.717) is 12.3 Å². The van der Waals surface area contributed by atoms with E-state index in [1.165, 1.54) is 6.42 Å². The van der Waals surface area contributed by atoms with Crippen LogP contribution >= 0.6 is 11.8 Å². The summed E-state index contributed by atoms with van der Waals surface area (Å²) in [5.74, 6) is 2.78. The van der Waals surface area contributed by atoms with E-state index in [4.69, 9.17) is 4.52 Å². The number of ketones is 1. The van der Waals surface area contributed by atoms with Gasteiger partial charge in [0.2, 0.25) is 0 Å². The van der Waals surface area contributed by atoms with E-state index in [0.717, 1.165) is 30.3 Å². The average Bonchev–Trinajstić information content (AvgIpc) is 3.06. The summed E-state index contributed by atoms with van der Waals surface area (Å²) in [6.07, 6.45) is 1.57. The van der Waals surface area contributed by atoms with Crippen molar-refractivity contribution in [2.45, 2.75) is 57.6 Å². The fourth-order valence-electron chi connectivity index (χ4n) is 2.39. The molecule has 22 heavy (non-hydrogen) atoms. The van der Waals surface area contributed by atoms with E-state index >= 15 is 0 Å². The lowest BCUT2D eigenvalue weighted by Crippen LogP contribution is -2.31. The van der Waals surface area contributed by atoms with Crippen molar-refractivity contribution in [3.05, 3.63) is 17.5 Å². The summed E-state index contributed by atoms with van der Waals surface area (Å²) in [5.41, 5.74) is 0.666. The lowest BCUT2D eigenvalue weighted by atomic mass is 9.92. The van der Waals surface area contributed by atoms with E-state index in [-0.39, 0.29) is 15.9 Å². The smallest absolute Gasteiger partial charge is 0.154 e. The Bertz CT molecular complexity index is 511. The second-order valence-electron chi connectivity index (χ2n) is 7.71. The molecule has 0 radical (unpaired) electrons. The summed E-state index contributed by atoms with van der Waals surface area (Å²) in [7, 11) is 0. The van der Waals surface area contributed by atoms with Gasteiger partial charge in [0, 0.05) is 11.5 Å². The van der Waals surface area contributed by atoms with Gasteiger partial charge in [-0.25, -0.2) is 0 Å². The van der Waals surface area contributed by atoms with E-state index in [2.05, 4.69) is 31.2 Å². The van der Waals surface area contributed by atoms with Gasteiger partial charge >= 0.3 is 0 Å². The molecular weight excluding hydrogens is 296 g/mol. The van der Waals surface area contributed by atoms with Crippen molar-refractivity contribution in [1.82, 2.24) is 10.5 Å². The van der Waals surface area contributed by atoms with E-state index in [1.54, 1.807) is 11.8 Å². The Morgan fingerprint density at radius 3 is 2.68 bits per heavy atom. The predicted octanol–water partition coefficient (Wildman–Crippen LogP) is 3.21. The molecule has 1 aromatic heterocycles. The Morgan fingerprint density at radius 2 is 2.14 bits per heavy atom. The van der Waals surface area contributed by atoms with Crippen molar-refractivity contribution in [2.24, 2.45) is 5.92 Å². The van der Waals surface area contributed by atoms with Crippen LogP contribution in [0.3, 0.4) is 0 Å². The number of rotatable bonds is 6. The number of Topliss-reactive ketones (excluding diaryl/α,β-unsaturated/α-hetero) is 1. The number of aromatic nitrogens is 1. The molecule has 0 spiro atoms. The number of nitrogens with zero attached hydrogens (tertiary/aromatic N) is 1. The van der Waals surface area contributed by atoms with Crippen molar-refractivity contribution >= 4 is 17.5 Å². The van der Waals surface area contributed by atoms with Crippen LogP contribution in [-0.2, 0) is 16.6 Å². The highest BCUT2D eigenvalue weighted by molar-refractivity contribution is 8.01. The van der Waals surface area contributed by atoms with Crippen molar-refractivity contribution in [1.29, 1.82) is 0 Å². The Morgan fingerprint density at radius 1 is 1.41 bits per heavy atom. The maximum atomic E-state index is 12.6. The lowest BCUT2D eigenvalue weighted by molar-refractivity contribution is -0.120. The van der Waals surface area contributed by atoms with E-state index in [1.807, 2.05) is 19.9 Å². The molecule has 1 aromatic rings. The first-order valence-corrected chi connectivity index (χ1v) is 9.01. The van der Waals surface area contributed by atoms with Crippen LogP contribution in [0.2, 0.25) is 0 Å². The average molecular weight is 324 g/mol. The minimum atomic E-state index is -0.372. The van der Waals surface area contributed by atoms with Gasteiger partial charge in [0.05, 0.1) is 16.9 Å². The molecule has 1 saturated heterocycles. The van der Waals surface area contributed by atoms with Crippen LogP contribution in [0.5, 0.6) is 0 Å². The topological polar surface area (TPSA) is 55.1 Å². The summed E-state index contributed by atoms with van der Waals surface area (Å²) < 4.78 is 5.00. The molecule has 124 valence electrons. The van der Waals surface area contributed by atoms with Gasteiger partial charge in [-0.1, -0.05) is 25.9 Å². The zero-order valence-electron chi connectivity index (χ0n) is 14.4. The van der Waals surface area contributed by atoms with Crippen LogP contribution in [0, 0.1) is 5.92 Å². The fourth-order valence-corrected chi connectivity index (χ4v) is 3.56. The normalized spacial score (nSPS) is 19.6. The zero-order chi connectivity index (χ0) is 16.4. The molecule has 1 atom stereocenters. The molecule has 1 fully saturated rings. The summed E-state index contributed by atoms with van der Waals surface area (Å²) in [4.78, 5) is 12.6. The van der Waals surface area contributed by atoms with Gasteiger partial charge in [0.1, 0.15) is 5.76 Å². The summed E-state index contributed by atoms with van der Waals surface area (Å²) in [6.45, 7) is 12.5. The Balaban J connectivity index is 1.90. The monoisotopic (exact) mass is 324 g/mol. The van der Waals surface area contributed by atoms with Gasteiger partial charge < -0.3 is 9.84 Å². The molecule has 5 heteroatoms. The molecule has 0 aromatic carbocycles. The SMILES string of the molecule is CC(C)(SCC1CCNC1)C(=O)Cc1cc(C(C)(C)C)on1. The molecule has 1 aliphatic heterocycles.